The van der Waals surface area contributed by atoms with Gasteiger partial charge in [0.1, 0.15) is 23.7 Å². The van der Waals surface area contributed by atoms with Crippen LogP contribution in [0.1, 0.15) is 12.8 Å². The maximum absolute atomic E-state index is 14.2. The number of anilines is 3. The van der Waals surface area contributed by atoms with Crippen LogP contribution in [0, 0.1) is 5.82 Å². The van der Waals surface area contributed by atoms with Crippen molar-refractivity contribution < 1.29 is 9.18 Å². The third kappa shape index (κ3) is 3.21. The van der Waals surface area contributed by atoms with Crippen LogP contribution in [0.25, 0.3) is 11.5 Å². The minimum absolute atomic E-state index is 0.0633. The van der Waals surface area contributed by atoms with Crippen molar-refractivity contribution in [3.05, 3.63) is 54.9 Å². The molecule has 1 N–H and O–H groups in total. The summed E-state index contributed by atoms with van der Waals surface area (Å²) in [7, 11) is 0. The van der Waals surface area contributed by atoms with E-state index in [0.29, 0.717) is 36.0 Å². The molecule has 1 saturated heterocycles. The number of halogens is 1. The fraction of sp³-hybridized carbons (Fsp3) is 0.167. The SMILES string of the molecule is O=C1CCCN1c1cc(Nc2cc(-c3ncccn3)ncn2)ccc1F. The number of hydrogen-bond donors (Lipinski definition) is 1. The number of carbonyl (C=O) groups excluding carboxylic acids is 1. The zero-order valence-electron chi connectivity index (χ0n) is 13.8. The Morgan fingerprint density at radius 3 is 2.69 bits per heavy atom. The predicted molar refractivity (Wildman–Crippen MR) is 94.3 cm³/mol. The Labute approximate surface area is 149 Å². The smallest absolute Gasteiger partial charge is 0.227 e. The number of nitrogens with zero attached hydrogens (tertiary/aromatic N) is 5. The van der Waals surface area contributed by atoms with Gasteiger partial charge in [-0.05, 0) is 30.7 Å². The summed E-state index contributed by atoms with van der Waals surface area (Å²) < 4.78 is 14.2. The van der Waals surface area contributed by atoms with Crippen molar-refractivity contribution in [2.75, 3.05) is 16.8 Å². The van der Waals surface area contributed by atoms with Crippen LogP contribution in [0.5, 0.6) is 0 Å². The summed E-state index contributed by atoms with van der Waals surface area (Å²) in [6.45, 7) is 0.530. The van der Waals surface area contributed by atoms with Crippen LogP contribution < -0.4 is 10.2 Å². The summed E-state index contributed by atoms with van der Waals surface area (Å²) >= 11 is 0. The summed E-state index contributed by atoms with van der Waals surface area (Å²) in [5, 5.41) is 3.11. The first-order chi connectivity index (χ1) is 12.7. The molecular formula is C18H15FN6O. The van der Waals surface area contributed by atoms with Gasteiger partial charge in [0.05, 0.1) is 5.69 Å². The molecule has 1 aliphatic heterocycles. The molecule has 0 unspecified atom stereocenters. The third-order valence-corrected chi connectivity index (χ3v) is 4.04. The number of amides is 1. The van der Waals surface area contributed by atoms with E-state index in [-0.39, 0.29) is 11.6 Å². The maximum Gasteiger partial charge on any atom is 0.227 e. The largest absolute Gasteiger partial charge is 0.340 e. The topological polar surface area (TPSA) is 83.9 Å². The zero-order valence-corrected chi connectivity index (χ0v) is 13.8. The number of benzene rings is 1. The lowest BCUT2D eigenvalue weighted by Gasteiger charge is -2.18. The molecule has 1 amide bonds. The van der Waals surface area contributed by atoms with Gasteiger partial charge in [-0.1, -0.05) is 0 Å². The van der Waals surface area contributed by atoms with E-state index in [4.69, 9.17) is 0 Å². The second kappa shape index (κ2) is 6.83. The molecule has 1 aromatic carbocycles. The van der Waals surface area contributed by atoms with Gasteiger partial charge in [-0.25, -0.2) is 24.3 Å². The van der Waals surface area contributed by atoms with E-state index < -0.39 is 5.82 Å². The van der Waals surface area contributed by atoms with Gasteiger partial charge in [0.25, 0.3) is 0 Å². The van der Waals surface area contributed by atoms with Crippen LogP contribution in [0.2, 0.25) is 0 Å². The van der Waals surface area contributed by atoms with E-state index in [0.717, 1.165) is 6.42 Å². The summed E-state index contributed by atoms with van der Waals surface area (Å²) in [4.78, 5) is 30.0. The fourth-order valence-corrected chi connectivity index (χ4v) is 2.83. The number of hydrogen-bond acceptors (Lipinski definition) is 6. The Morgan fingerprint density at radius 2 is 1.92 bits per heavy atom. The van der Waals surface area contributed by atoms with Crippen LogP contribution in [0.15, 0.2) is 49.1 Å². The Hall–Kier alpha value is -3.42. The molecule has 130 valence electrons. The van der Waals surface area contributed by atoms with Gasteiger partial charge in [0.2, 0.25) is 5.91 Å². The van der Waals surface area contributed by atoms with E-state index >= 15 is 0 Å². The molecule has 2 aromatic heterocycles. The van der Waals surface area contributed by atoms with Gasteiger partial charge in [-0.3, -0.25) is 4.79 Å². The van der Waals surface area contributed by atoms with Crippen molar-refractivity contribution in [3.8, 4) is 11.5 Å². The third-order valence-electron chi connectivity index (χ3n) is 4.04. The Kier molecular flexibility index (Phi) is 4.22. The highest BCUT2D eigenvalue weighted by molar-refractivity contribution is 5.96. The summed E-state index contributed by atoms with van der Waals surface area (Å²) in [6, 6.07) is 7.98. The molecule has 7 nitrogen and oxygen atoms in total. The van der Waals surface area contributed by atoms with Crippen molar-refractivity contribution in [2.24, 2.45) is 0 Å². The minimum Gasteiger partial charge on any atom is -0.340 e. The molecule has 26 heavy (non-hydrogen) atoms. The quantitative estimate of drug-likeness (QED) is 0.779. The lowest BCUT2D eigenvalue weighted by molar-refractivity contribution is -0.117. The van der Waals surface area contributed by atoms with Crippen molar-refractivity contribution in [1.82, 2.24) is 19.9 Å². The van der Waals surface area contributed by atoms with E-state index in [1.54, 1.807) is 36.7 Å². The molecule has 0 aliphatic carbocycles. The molecule has 0 radical (unpaired) electrons. The molecular weight excluding hydrogens is 335 g/mol. The number of carbonyl (C=O) groups is 1. The van der Waals surface area contributed by atoms with Crippen LogP contribution in [-0.2, 0) is 4.79 Å². The molecule has 0 atom stereocenters. The second-order valence-electron chi connectivity index (χ2n) is 5.80. The molecule has 3 aromatic rings. The summed E-state index contributed by atoms with van der Waals surface area (Å²) in [5.41, 5.74) is 1.47. The summed E-state index contributed by atoms with van der Waals surface area (Å²) in [6.07, 6.45) is 5.86. The Morgan fingerprint density at radius 1 is 1.08 bits per heavy atom. The Balaban J connectivity index is 1.61. The standard InChI is InChI=1S/C18H15FN6O/c19-13-5-4-12(9-15(13)25-8-1-3-17(25)26)24-16-10-14(22-11-23-16)18-20-6-2-7-21-18/h2,4-7,9-11H,1,3,8H2,(H,22,23,24). The van der Waals surface area contributed by atoms with Gasteiger partial charge in [-0.15, -0.1) is 0 Å². The molecule has 1 aliphatic rings. The van der Waals surface area contributed by atoms with Crippen LogP contribution in [-0.4, -0.2) is 32.4 Å². The van der Waals surface area contributed by atoms with Crippen LogP contribution in [0.4, 0.5) is 21.6 Å². The average Bonchev–Trinajstić information content (AvgIpc) is 3.10. The highest BCUT2D eigenvalue weighted by Gasteiger charge is 2.24. The zero-order chi connectivity index (χ0) is 17.9. The molecule has 0 saturated carbocycles. The minimum atomic E-state index is -0.424. The van der Waals surface area contributed by atoms with Gasteiger partial charge >= 0.3 is 0 Å². The van der Waals surface area contributed by atoms with Crippen LogP contribution in [0.3, 0.4) is 0 Å². The fourth-order valence-electron chi connectivity index (χ4n) is 2.83. The molecule has 8 heteroatoms. The normalized spacial score (nSPS) is 13.9. The lowest BCUT2D eigenvalue weighted by Crippen LogP contribution is -2.24. The maximum atomic E-state index is 14.2. The van der Waals surface area contributed by atoms with E-state index in [9.17, 15) is 9.18 Å². The highest BCUT2D eigenvalue weighted by atomic mass is 19.1. The van der Waals surface area contributed by atoms with Gasteiger partial charge in [0.15, 0.2) is 5.82 Å². The van der Waals surface area contributed by atoms with Crippen molar-refractivity contribution in [2.45, 2.75) is 12.8 Å². The average molecular weight is 350 g/mol. The summed E-state index contributed by atoms with van der Waals surface area (Å²) in [5.74, 6) is 0.520. The molecule has 0 spiro atoms. The first-order valence-electron chi connectivity index (χ1n) is 8.17. The second-order valence-corrected chi connectivity index (χ2v) is 5.80. The molecule has 3 heterocycles. The van der Waals surface area contributed by atoms with E-state index in [1.165, 1.54) is 17.3 Å². The first kappa shape index (κ1) is 16.1. The van der Waals surface area contributed by atoms with Gasteiger partial charge < -0.3 is 10.2 Å². The molecule has 1 fully saturated rings. The van der Waals surface area contributed by atoms with Crippen molar-refractivity contribution in [3.63, 3.8) is 0 Å². The number of rotatable bonds is 4. The lowest BCUT2D eigenvalue weighted by atomic mass is 10.2. The van der Waals surface area contributed by atoms with Crippen molar-refractivity contribution in [1.29, 1.82) is 0 Å². The monoisotopic (exact) mass is 350 g/mol. The van der Waals surface area contributed by atoms with E-state index in [1.807, 2.05) is 0 Å². The highest BCUT2D eigenvalue weighted by Crippen LogP contribution is 2.29. The number of nitrogens with one attached hydrogen (secondary N) is 1. The van der Waals surface area contributed by atoms with Gasteiger partial charge in [0, 0.05) is 37.1 Å². The Bertz CT molecular complexity index is 949. The first-order valence-corrected chi connectivity index (χ1v) is 8.17. The van der Waals surface area contributed by atoms with Gasteiger partial charge in [-0.2, -0.15) is 0 Å². The molecule has 0 bridgehead atoms. The van der Waals surface area contributed by atoms with E-state index in [2.05, 4.69) is 25.3 Å². The van der Waals surface area contributed by atoms with Crippen LogP contribution >= 0.6 is 0 Å². The van der Waals surface area contributed by atoms with Crippen molar-refractivity contribution >= 4 is 23.1 Å². The molecule has 4 rings (SSSR count). The predicted octanol–water partition coefficient (Wildman–Crippen LogP) is 2.94. The number of aromatic nitrogens is 4.